The van der Waals surface area contributed by atoms with Crippen LogP contribution < -0.4 is 14.5 Å². The van der Waals surface area contributed by atoms with Crippen molar-refractivity contribution in [2.45, 2.75) is 0 Å². The van der Waals surface area contributed by atoms with E-state index in [1.165, 1.54) is 6.21 Å². The largest absolute Gasteiger partial charge is 0.497 e. The minimum absolute atomic E-state index is 0.387. The number of fused-ring (bicyclic) bond motifs is 1. The van der Waals surface area contributed by atoms with E-state index in [1.54, 1.807) is 43.5 Å². The van der Waals surface area contributed by atoms with Gasteiger partial charge in [-0.2, -0.15) is 5.10 Å². The molecule has 0 aliphatic heterocycles. The minimum Gasteiger partial charge on any atom is -0.497 e. The Balaban J connectivity index is 1.79. The fourth-order valence-corrected chi connectivity index (χ4v) is 3.74. The molecule has 0 atom stereocenters. The van der Waals surface area contributed by atoms with Gasteiger partial charge in [0.2, 0.25) is 10.0 Å². The number of anilines is 1. The van der Waals surface area contributed by atoms with Crippen LogP contribution >= 0.6 is 0 Å². The Morgan fingerprint density at radius 3 is 2.59 bits per heavy atom. The number of carbonyl (C=O) groups excluding carboxylic acids is 1. The molecule has 0 fully saturated rings. The second-order valence-corrected chi connectivity index (χ2v) is 8.24. The molecule has 0 spiro atoms. The number of carbonyl (C=O) groups is 1. The zero-order valence-electron chi connectivity index (χ0n) is 16.1. The lowest BCUT2D eigenvalue weighted by molar-refractivity contribution is -0.119. The molecule has 1 amide bonds. The number of amides is 1. The van der Waals surface area contributed by atoms with Crippen LogP contribution in [0.15, 0.2) is 71.8 Å². The maximum Gasteiger partial charge on any atom is 0.260 e. The molecule has 0 heterocycles. The SMILES string of the molecule is COc1cccc(/C=N/NC(=O)CN(c2cccc3ccccc23)S(C)(=O)=O)c1. The van der Waals surface area contributed by atoms with Gasteiger partial charge in [0.1, 0.15) is 12.3 Å². The van der Waals surface area contributed by atoms with E-state index in [9.17, 15) is 13.2 Å². The highest BCUT2D eigenvalue weighted by atomic mass is 32.2. The number of methoxy groups -OCH3 is 1. The molecule has 7 nitrogen and oxygen atoms in total. The van der Waals surface area contributed by atoms with Gasteiger partial charge in [0, 0.05) is 5.39 Å². The van der Waals surface area contributed by atoms with E-state index < -0.39 is 15.9 Å². The van der Waals surface area contributed by atoms with Crippen molar-refractivity contribution in [1.29, 1.82) is 0 Å². The Morgan fingerprint density at radius 2 is 1.83 bits per heavy atom. The Morgan fingerprint density at radius 1 is 1.10 bits per heavy atom. The fraction of sp³-hybridized carbons (Fsp3) is 0.143. The van der Waals surface area contributed by atoms with Crippen LogP contribution in [0.4, 0.5) is 5.69 Å². The zero-order chi connectivity index (χ0) is 20.9. The van der Waals surface area contributed by atoms with Gasteiger partial charge in [0.25, 0.3) is 5.91 Å². The summed E-state index contributed by atoms with van der Waals surface area (Å²) in [7, 11) is -2.13. The molecule has 8 heteroatoms. The molecule has 0 aliphatic carbocycles. The van der Waals surface area contributed by atoms with Gasteiger partial charge in [-0.25, -0.2) is 13.8 Å². The predicted octanol–water partition coefficient (Wildman–Crippen LogP) is 2.76. The second kappa shape index (κ2) is 8.74. The molecule has 0 aromatic heterocycles. The van der Waals surface area contributed by atoms with Crippen LogP contribution in [-0.2, 0) is 14.8 Å². The number of benzene rings is 3. The number of hydrogen-bond acceptors (Lipinski definition) is 5. The smallest absolute Gasteiger partial charge is 0.260 e. The molecule has 0 aliphatic rings. The van der Waals surface area contributed by atoms with Gasteiger partial charge >= 0.3 is 0 Å². The Hall–Kier alpha value is -3.39. The summed E-state index contributed by atoms with van der Waals surface area (Å²) in [5.41, 5.74) is 3.55. The summed E-state index contributed by atoms with van der Waals surface area (Å²) in [6.45, 7) is -0.387. The van der Waals surface area contributed by atoms with Gasteiger partial charge in [0.15, 0.2) is 0 Å². The van der Waals surface area contributed by atoms with E-state index in [-0.39, 0.29) is 6.54 Å². The first-order valence-corrected chi connectivity index (χ1v) is 10.6. The van der Waals surface area contributed by atoms with Crippen LogP contribution in [-0.4, -0.2) is 40.4 Å². The lowest BCUT2D eigenvalue weighted by atomic mass is 10.1. The van der Waals surface area contributed by atoms with Crippen molar-refractivity contribution in [3.8, 4) is 5.75 Å². The summed E-state index contributed by atoms with van der Waals surface area (Å²) >= 11 is 0. The molecule has 0 unspecified atom stereocenters. The third-order valence-electron chi connectivity index (χ3n) is 4.22. The van der Waals surface area contributed by atoms with E-state index in [0.29, 0.717) is 11.4 Å². The maximum absolute atomic E-state index is 12.4. The first-order valence-electron chi connectivity index (χ1n) is 8.80. The molecule has 1 N–H and O–H groups in total. The number of rotatable bonds is 7. The third-order valence-corrected chi connectivity index (χ3v) is 5.35. The quantitative estimate of drug-likeness (QED) is 0.478. The normalized spacial score (nSPS) is 11.5. The lowest BCUT2D eigenvalue weighted by Crippen LogP contribution is -2.39. The van der Waals surface area contributed by atoms with Crippen molar-refractivity contribution >= 4 is 38.6 Å². The van der Waals surface area contributed by atoms with Gasteiger partial charge in [-0.15, -0.1) is 0 Å². The Kier molecular flexibility index (Phi) is 6.13. The molecule has 150 valence electrons. The maximum atomic E-state index is 12.4. The summed E-state index contributed by atoms with van der Waals surface area (Å²) in [6, 6.07) is 19.9. The van der Waals surface area contributed by atoms with Crippen molar-refractivity contribution in [2.24, 2.45) is 5.10 Å². The van der Waals surface area contributed by atoms with Crippen LogP contribution in [0.1, 0.15) is 5.56 Å². The van der Waals surface area contributed by atoms with Crippen LogP contribution in [0, 0.1) is 0 Å². The number of sulfonamides is 1. The van der Waals surface area contributed by atoms with E-state index in [1.807, 2.05) is 30.3 Å². The molecular weight excluding hydrogens is 390 g/mol. The van der Waals surface area contributed by atoms with E-state index >= 15 is 0 Å². The Bertz CT molecular complexity index is 1150. The van der Waals surface area contributed by atoms with Crippen molar-refractivity contribution in [3.63, 3.8) is 0 Å². The van der Waals surface area contributed by atoms with E-state index in [2.05, 4.69) is 10.5 Å². The van der Waals surface area contributed by atoms with E-state index in [0.717, 1.165) is 26.9 Å². The van der Waals surface area contributed by atoms with Crippen molar-refractivity contribution in [3.05, 3.63) is 72.3 Å². The van der Waals surface area contributed by atoms with Gasteiger partial charge in [-0.1, -0.05) is 48.5 Å². The van der Waals surface area contributed by atoms with Crippen molar-refractivity contribution in [1.82, 2.24) is 5.43 Å². The van der Waals surface area contributed by atoms with Crippen LogP contribution in [0.25, 0.3) is 10.8 Å². The molecule has 3 rings (SSSR count). The van der Waals surface area contributed by atoms with E-state index in [4.69, 9.17) is 4.74 Å². The van der Waals surface area contributed by atoms with Crippen molar-refractivity contribution in [2.75, 3.05) is 24.2 Å². The molecule has 3 aromatic carbocycles. The average molecular weight is 411 g/mol. The molecule has 29 heavy (non-hydrogen) atoms. The second-order valence-electron chi connectivity index (χ2n) is 6.34. The van der Waals surface area contributed by atoms with Crippen LogP contribution in [0.5, 0.6) is 5.75 Å². The first kappa shape index (κ1) is 20.3. The predicted molar refractivity (Wildman–Crippen MR) is 115 cm³/mol. The third kappa shape index (κ3) is 5.11. The van der Waals surface area contributed by atoms with Gasteiger partial charge in [-0.05, 0) is 29.1 Å². The summed E-state index contributed by atoms with van der Waals surface area (Å²) < 4.78 is 31.0. The van der Waals surface area contributed by atoms with Crippen molar-refractivity contribution < 1.29 is 17.9 Å². The minimum atomic E-state index is -3.69. The van der Waals surface area contributed by atoms with Crippen LogP contribution in [0.3, 0.4) is 0 Å². The molecule has 0 saturated carbocycles. The summed E-state index contributed by atoms with van der Waals surface area (Å²) in [5, 5.41) is 5.53. The van der Waals surface area contributed by atoms with Gasteiger partial charge in [-0.3, -0.25) is 9.10 Å². The molecule has 3 aromatic rings. The molecule has 0 bridgehead atoms. The Labute approximate surface area is 169 Å². The van der Waals surface area contributed by atoms with Crippen LogP contribution in [0.2, 0.25) is 0 Å². The van der Waals surface area contributed by atoms with Gasteiger partial charge in [0.05, 0.1) is 25.3 Å². The number of hydrazone groups is 1. The fourth-order valence-electron chi connectivity index (χ4n) is 2.87. The lowest BCUT2D eigenvalue weighted by Gasteiger charge is -2.23. The number of nitrogens with one attached hydrogen (secondary N) is 1. The first-order chi connectivity index (χ1) is 13.9. The summed E-state index contributed by atoms with van der Waals surface area (Å²) in [5.74, 6) is 0.113. The average Bonchev–Trinajstić information content (AvgIpc) is 2.71. The molecule has 0 radical (unpaired) electrons. The molecular formula is C21H21N3O4S. The highest BCUT2D eigenvalue weighted by Crippen LogP contribution is 2.28. The highest BCUT2D eigenvalue weighted by molar-refractivity contribution is 7.92. The monoisotopic (exact) mass is 411 g/mol. The van der Waals surface area contributed by atoms with Gasteiger partial charge < -0.3 is 4.74 Å². The highest BCUT2D eigenvalue weighted by Gasteiger charge is 2.22. The topological polar surface area (TPSA) is 88.1 Å². The number of hydrogen-bond donors (Lipinski definition) is 1. The number of ether oxygens (including phenoxy) is 1. The summed E-state index contributed by atoms with van der Waals surface area (Å²) in [6.07, 6.45) is 2.53. The zero-order valence-corrected chi connectivity index (χ0v) is 16.9. The standard InChI is InChI=1S/C21H21N3O4S/c1-28-18-10-5-7-16(13-18)14-22-23-21(25)15-24(29(2,26)27)20-12-6-9-17-8-3-4-11-19(17)20/h3-14H,15H2,1-2H3,(H,23,25)/b22-14+. The number of nitrogens with zero attached hydrogens (tertiary/aromatic N) is 2. The molecule has 0 saturated heterocycles. The summed E-state index contributed by atoms with van der Waals surface area (Å²) in [4.78, 5) is 12.4.